The maximum absolute atomic E-state index is 9.37. The summed E-state index contributed by atoms with van der Waals surface area (Å²) in [5, 5.41) is 27.7. The summed E-state index contributed by atoms with van der Waals surface area (Å²) >= 11 is 0. The molecule has 0 radical (unpaired) electrons. The molecular weight excluding hydrogens is 272 g/mol. The highest BCUT2D eigenvalue weighted by atomic mass is 15.1. The summed E-state index contributed by atoms with van der Waals surface area (Å²) < 4.78 is 0. The molecule has 0 spiro atoms. The number of nitrogens with zero attached hydrogens (tertiary/aromatic N) is 4. The molecule has 0 aromatic heterocycles. The van der Waals surface area contributed by atoms with E-state index in [1.165, 1.54) is 0 Å². The van der Waals surface area contributed by atoms with Crippen molar-refractivity contribution in [3.63, 3.8) is 0 Å². The van der Waals surface area contributed by atoms with Crippen LogP contribution in [0.3, 0.4) is 0 Å². The van der Waals surface area contributed by atoms with Crippen molar-refractivity contribution in [1.29, 1.82) is 10.5 Å². The maximum atomic E-state index is 9.37. The van der Waals surface area contributed by atoms with Crippen molar-refractivity contribution in [2.24, 2.45) is 31.9 Å². The molecule has 0 rings (SSSR count). The standard InChI is InChI=1S/C18H32N4/c1-13(17(7,8)15(3,4)11-19)21-22-14(2)18(9,10)16(5,6)12-20/h13-14H,1-10H3. The van der Waals surface area contributed by atoms with Gasteiger partial charge < -0.3 is 0 Å². The molecule has 0 heterocycles. The molecule has 0 amide bonds. The van der Waals surface area contributed by atoms with Gasteiger partial charge >= 0.3 is 0 Å². The van der Waals surface area contributed by atoms with E-state index in [1.54, 1.807) is 0 Å². The Hall–Kier alpha value is -1.42. The fourth-order valence-corrected chi connectivity index (χ4v) is 1.82. The molecule has 124 valence electrons. The van der Waals surface area contributed by atoms with Crippen molar-refractivity contribution in [3.8, 4) is 12.1 Å². The van der Waals surface area contributed by atoms with Gasteiger partial charge in [0.05, 0.1) is 35.1 Å². The predicted molar refractivity (Wildman–Crippen MR) is 90.1 cm³/mol. The molecule has 0 aromatic rings. The zero-order chi connectivity index (χ0) is 18.0. The molecule has 4 nitrogen and oxygen atoms in total. The molecule has 22 heavy (non-hydrogen) atoms. The Morgan fingerprint density at radius 2 is 0.864 bits per heavy atom. The van der Waals surface area contributed by atoms with Crippen LogP contribution >= 0.6 is 0 Å². The molecule has 0 aliphatic heterocycles. The van der Waals surface area contributed by atoms with Gasteiger partial charge in [-0.15, -0.1) is 0 Å². The second-order valence-electron chi connectivity index (χ2n) is 8.50. The van der Waals surface area contributed by atoms with Gasteiger partial charge in [-0.25, -0.2) is 0 Å². The second kappa shape index (κ2) is 6.37. The van der Waals surface area contributed by atoms with E-state index in [0.29, 0.717) is 0 Å². The molecule has 0 aromatic carbocycles. The molecule has 0 bridgehead atoms. The van der Waals surface area contributed by atoms with Crippen molar-refractivity contribution >= 4 is 0 Å². The van der Waals surface area contributed by atoms with Crippen molar-refractivity contribution in [2.75, 3.05) is 0 Å². The lowest BCUT2D eigenvalue weighted by Gasteiger charge is -2.40. The van der Waals surface area contributed by atoms with E-state index < -0.39 is 10.8 Å². The quantitative estimate of drug-likeness (QED) is 0.619. The van der Waals surface area contributed by atoms with E-state index in [0.717, 1.165) is 0 Å². The monoisotopic (exact) mass is 304 g/mol. The summed E-state index contributed by atoms with van der Waals surface area (Å²) in [7, 11) is 0. The average molecular weight is 304 g/mol. The maximum Gasteiger partial charge on any atom is 0.0746 e. The number of rotatable bonds is 6. The first-order valence-electron chi connectivity index (χ1n) is 7.90. The largest absolute Gasteiger partial charge is 0.198 e. The molecule has 0 saturated heterocycles. The van der Waals surface area contributed by atoms with Crippen LogP contribution in [0.4, 0.5) is 0 Å². The molecule has 2 atom stereocenters. The zero-order valence-corrected chi connectivity index (χ0v) is 15.9. The Labute approximate surface area is 136 Å². The molecule has 0 saturated carbocycles. The fourth-order valence-electron chi connectivity index (χ4n) is 1.82. The number of hydrogen-bond donors (Lipinski definition) is 0. The Bertz CT molecular complexity index is 452. The van der Waals surface area contributed by atoms with E-state index in [1.807, 2.05) is 41.5 Å². The molecule has 2 unspecified atom stereocenters. The van der Waals surface area contributed by atoms with Crippen molar-refractivity contribution < 1.29 is 0 Å². The van der Waals surface area contributed by atoms with Crippen LogP contribution in [-0.4, -0.2) is 12.1 Å². The summed E-state index contributed by atoms with van der Waals surface area (Å²) in [6.45, 7) is 19.9. The molecule has 0 N–H and O–H groups in total. The predicted octanol–water partition coefficient (Wildman–Crippen LogP) is 5.37. The van der Waals surface area contributed by atoms with Crippen LogP contribution in [0.15, 0.2) is 10.2 Å². The van der Waals surface area contributed by atoms with Gasteiger partial charge in [-0.3, -0.25) is 0 Å². The lowest BCUT2D eigenvalue weighted by molar-refractivity contribution is 0.120. The number of azo groups is 1. The van der Waals surface area contributed by atoms with Gasteiger partial charge in [-0.1, -0.05) is 27.7 Å². The van der Waals surface area contributed by atoms with Gasteiger partial charge in [0.15, 0.2) is 0 Å². The third-order valence-electron chi connectivity index (χ3n) is 6.28. The zero-order valence-electron chi connectivity index (χ0n) is 15.9. The first-order valence-corrected chi connectivity index (χ1v) is 7.90. The lowest BCUT2D eigenvalue weighted by Crippen LogP contribution is -2.41. The van der Waals surface area contributed by atoms with Gasteiger partial charge in [-0.2, -0.15) is 20.8 Å². The highest BCUT2D eigenvalue weighted by Crippen LogP contribution is 2.44. The van der Waals surface area contributed by atoms with Gasteiger partial charge in [-0.05, 0) is 41.5 Å². The highest BCUT2D eigenvalue weighted by molar-refractivity contribution is 5.06. The SMILES string of the molecule is CC(N=NC(C)C(C)(C)C(C)(C)C#N)C(C)(C)C(C)(C)C#N. The summed E-state index contributed by atoms with van der Waals surface area (Å²) in [5.74, 6) is 0. The minimum absolute atomic E-state index is 0.0782. The molecule has 4 heteroatoms. The normalized spacial score (nSPS) is 16.9. The Morgan fingerprint density at radius 1 is 0.636 bits per heavy atom. The minimum atomic E-state index is -0.490. The lowest BCUT2D eigenvalue weighted by atomic mass is 9.65. The molecule has 0 aliphatic carbocycles. The average Bonchev–Trinajstić information content (AvgIpc) is 2.43. The minimum Gasteiger partial charge on any atom is -0.198 e. The van der Waals surface area contributed by atoms with Gasteiger partial charge in [0.1, 0.15) is 0 Å². The van der Waals surface area contributed by atoms with Crippen LogP contribution in [0, 0.1) is 44.3 Å². The van der Waals surface area contributed by atoms with Crippen LogP contribution in [0.5, 0.6) is 0 Å². The van der Waals surface area contributed by atoms with E-state index >= 15 is 0 Å². The Kier molecular flexibility index (Phi) is 5.96. The third kappa shape index (κ3) is 3.67. The van der Waals surface area contributed by atoms with Gasteiger partial charge in [0.25, 0.3) is 0 Å². The molecule has 0 fully saturated rings. The first kappa shape index (κ1) is 20.6. The third-order valence-corrected chi connectivity index (χ3v) is 6.28. The van der Waals surface area contributed by atoms with E-state index in [-0.39, 0.29) is 22.9 Å². The van der Waals surface area contributed by atoms with Crippen LogP contribution in [0.2, 0.25) is 0 Å². The van der Waals surface area contributed by atoms with E-state index in [4.69, 9.17) is 0 Å². The van der Waals surface area contributed by atoms with E-state index in [2.05, 4.69) is 50.1 Å². The topological polar surface area (TPSA) is 72.3 Å². The highest BCUT2D eigenvalue weighted by Gasteiger charge is 2.44. The Morgan fingerprint density at radius 3 is 1.05 bits per heavy atom. The van der Waals surface area contributed by atoms with Crippen molar-refractivity contribution in [3.05, 3.63) is 0 Å². The van der Waals surface area contributed by atoms with Crippen molar-refractivity contribution in [1.82, 2.24) is 0 Å². The number of nitriles is 2. The summed E-state index contributed by atoms with van der Waals surface area (Å²) in [6.07, 6.45) is 0. The fraction of sp³-hybridized carbons (Fsp3) is 0.889. The second-order valence-corrected chi connectivity index (χ2v) is 8.50. The van der Waals surface area contributed by atoms with Gasteiger partial charge in [0, 0.05) is 10.8 Å². The summed E-state index contributed by atoms with van der Waals surface area (Å²) in [6, 6.07) is 4.58. The summed E-state index contributed by atoms with van der Waals surface area (Å²) in [5.41, 5.74) is -1.56. The molecular formula is C18H32N4. The van der Waals surface area contributed by atoms with Gasteiger partial charge in [0.2, 0.25) is 0 Å². The smallest absolute Gasteiger partial charge is 0.0746 e. The van der Waals surface area contributed by atoms with Crippen molar-refractivity contribution in [2.45, 2.75) is 81.3 Å². The van der Waals surface area contributed by atoms with Crippen LogP contribution in [-0.2, 0) is 0 Å². The molecule has 0 aliphatic rings. The number of hydrogen-bond acceptors (Lipinski definition) is 4. The van der Waals surface area contributed by atoms with Crippen LogP contribution in [0.25, 0.3) is 0 Å². The summed E-state index contributed by atoms with van der Waals surface area (Å²) in [4.78, 5) is 0. The Balaban J connectivity index is 5.32. The van der Waals surface area contributed by atoms with Crippen LogP contribution in [0.1, 0.15) is 69.2 Å². The van der Waals surface area contributed by atoms with E-state index in [9.17, 15) is 10.5 Å². The first-order chi connectivity index (χ1) is 9.67. The van der Waals surface area contributed by atoms with Crippen LogP contribution < -0.4 is 0 Å².